The molecule has 0 aliphatic carbocycles. The molecule has 1 atom stereocenters. The normalized spacial score (nSPS) is 11.5. The second-order valence-corrected chi connectivity index (χ2v) is 7.36. The molecular formula is C23H29N3O4. The quantitative estimate of drug-likeness (QED) is 0.721. The Kier molecular flexibility index (Phi) is 7.98. The van der Waals surface area contributed by atoms with Crippen LogP contribution in [-0.4, -0.2) is 37.6 Å². The van der Waals surface area contributed by atoms with Crippen LogP contribution in [0.25, 0.3) is 0 Å². The summed E-state index contributed by atoms with van der Waals surface area (Å²) in [6.07, 6.45) is -0.451. The fourth-order valence-corrected chi connectivity index (χ4v) is 2.78. The number of ether oxygens (including phenoxy) is 1. The lowest BCUT2D eigenvalue weighted by Crippen LogP contribution is -2.47. The maximum absolute atomic E-state index is 12.8. The third-order valence-corrected chi connectivity index (χ3v) is 4.61. The second kappa shape index (κ2) is 10.4. The van der Waals surface area contributed by atoms with Crippen LogP contribution in [0, 0.1) is 12.8 Å². The van der Waals surface area contributed by atoms with Gasteiger partial charge in [0.2, 0.25) is 5.91 Å². The highest BCUT2D eigenvalue weighted by Gasteiger charge is 2.25. The Bertz CT molecular complexity index is 876. The highest BCUT2D eigenvalue weighted by Crippen LogP contribution is 2.18. The van der Waals surface area contributed by atoms with Gasteiger partial charge in [-0.3, -0.25) is 14.5 Å². The van der Waals surface area contributed by atoms with Gasteiger partial charge in [-0.25, -0.2) is 4.79 Å². The Morgan fingerprint density at radius 3 is 2.13 bits per heavy atom. The van der Waals surface area contributed by atoms with Crippen molar-refractivity contribution in [2.45, 2.75) is 33.7 Å². The zero-order valence-corrected chi connectivity index (χ0v) is 18.1. The van der Waals surface area contributed by atoms with E-state index in [9.17, 15) is 14.4 Å². The summed E-state index contributed by atoms with van der Waals surface area (Å²) in [5, 5.41) is 5.63. The van der Waals surface area contributed by atoms with Crippen LogP contribution in [0.5, 0.6) is 0 Å². The zero-order valence-electron chi connectivity index (χ0n) is 18.1. The second-order valence-electron chi connectivity index (χ2n) is 7.36. The van der Waals surface area contributed by atoms with Crippen LogP contribution < -0.4 is 15.5 Å². The number of rotatable bonds is 7. The minimum absolute atomic E-state index is 0.103. The number of hydrogen-bond donors (Lipinski definition) is 2. The van der Waals surface area contributed by atoms with Crippen molar-refractivity contribution in [2.24, 2.45) is 5.92 Å². The van der Waals surface area contributed by atoms with Gasteiger partial charge in [-0.05, 0) is 56.2 Å². The van der Waals surface area contributed by atoms with Gasteiger partial charge < -0.3 is 15.4 Å². The van der Waals surface area contributed by atoms with E-state index >= 15 is 0 Å². The molecule has 0 bridgehead atoms. The van der Waals surface area contributed by atoms with E-state index in [4.69, 9.17) is 4.74 Å². The largest absolute Gasteiger partial charge is 0.449 e. The molecule has 2 N–H and O–H groups in total. The molecule has 1 unspecified atom stereocenters. The molecule has 160 valence electrons. The van der Waals surface area contributed by atoms with Crippen molar-refractivity contribution in [3.63, 3.8) is 0 Å². The van der Waals surface area contributed by atoms with Crippen molar-refractivity contribution in [3.8, 4) is 0 Å². The van der Waals surface area contributed by atoms with E-state index in [2.05, 4.69) is 10.6 Å². The van der Waals surface area contributed by atoms with Gasteiger partial charge in [0.25, 0.3) is 5.91 Å². The molecule has 0 fully saturated rings. The number of carbonyl (C=O) groups excluding carboxylic acids is 3. The molecule has 2 aromatic carbocycles. The van der Waals surface area contributed by atoms with Gasteiger partial charge in [0.05, 0.1) is 6.61 Å². The topological polar surface area (TPSA) is 87.7 Å². The molecule has 2 rings (SSSR count). The molecule has 2 aromatic rings. The fourth-order valence-electron chi connectivity index (χ4n) is 2.78. The summed E-state index contributed by atoms with van der Waals surface area (Å²) in [5.74, 6) is -0.708. The number of benzene rings is 2. The summed E-state index contributed by atoms with van der Waals surface area (Å²) < 4.78 is 4.97. The Balaban J connectivity index is 2.05. The Hall–Kier alpha value is -3.35. The lowest BCUT2D eigenvalue weighted by molar-refractivity contribution is -0.118. The number of hydrogen-bond acceptors (Lipinski definition) is 4. The van der Waals surface area contributed by atoms with Gasteiger partial charge in [0, 0.05) is 24.0 Å². The van der Waals surface area contributed by atoms with Gasteiger partial charge in [0.15, 0.2) is 0 Å². The molecule has 0 spiro atoms. The average Bonchev–Trinajstić information content (AvgIpc) is 2.72. The van der Waals surface area contributed by atoms with E-state index in [1.807, 2.05) is 32.9 Å². The lowest BCUT2D eigenvalue weighted by Gasteiger charge is -2.22. The van der Waals surface area contributed by atoms with E-state index < -0.39 is 12.1 Å². The molecule has 7 nitrogen and oxygen atoms in total. The number of nitrogens with one attached hydrogen (secondary N) is 2. The Labute approximate surface area is 177 Å². The minimum atomic E-state index is -0.694. The van der Waals surface area contributed by atoms with Crippen LogP contribution in [0.15, 0.2) is 48.5 Å². The van der Waals surface area contributed by atoms with E-state index in [1.54, 1.807) is 50.4 Å². The number of carbonyl (C=O) groups is 3. The van der Waals surface area contributed by atoms with Crippen molar-refractivity contribution in [3.05, 3.63) is 59.7 Å². The maximum atomic E-state index is 12.8. The number of nitrogens with zero attached hydrogens (tertiary/aromatic N) is 1. The molecule has 0 heterocycles. The number of aryl methyl sites for hydroxylation is 1. The highest BCUT2D eigenvalue weighted by atomic mass is 16.6. The third kappa shape index (κ3) is 6.07. The first-order valence-electron chi connectivity index (χ1n) is 9.91. The van der Waals surface area contributed by atoms with Gasteiger partial charge in [-0.15, -0.1) is 0 Å². The van der Waals surface area contributed by atoms with E-state index in [1.165, 1.54) is 4.90 Å². The van der Waals surface area contributed by atoms with Crippen molar-refractivity contribution >= 4 is 29.3 Å². The van der Waals surface area contributed by atoms with Crippen molar-refractivity contribution in [1.82, 2.24) is 5.32 Å². The molecule has 0 aliphatic heterocycles. The maximum Gasteiger partial charge on any atom is 0.413 e. The van der Waals surface area contributed by atoms with E-state index in [0.29, 0.717) is 23.5 Å². The zero-order chi connectivity index (χ0) is 22.3. The molecular weight excluding hydrogens is 382 g/mol. The minimum Gasteiger partial charge on any atom is -0.449 e. The van der Waals surface area contributed by atoms with Crippen molar-refractivity contribution < 1.29 is 19.1 Å². The molecule has 0 aliphatic rings. The van der Waals surface area contributed by atoms with Gasteiger partial charge >= 0.3 is 6.09 Å². The number of amides is 3. The summed E-state index contributed by atoms with van der Waals surface area (Å²) in [5.41, 5.74) is 2.77. The molecule has 0 saturated heterocycles. The molecule has 0 saturated carbocycles. The first-order chi connectivity index (χ1) is 14.2. The van der Waals surface area contributed by atoms with Gasteiger partial charge in [-0.1, -0.05) is 31.5 Å². The Morgan fingerprint density at radius 1 is 1.00 bits per heavy atom. The lowest BCUT2D eigenvalue weighted by atomic mass is 10.0. The van der Waals surface area contributed by atoms with Crippen LogP contribution in [0.2, 0.25) is 0 Å². The molecule has 30 heavy (non-hydrogen) atoms. The van der Waals surface area contributed by atoms with Crippen LogP contribution in [-0.2, 0) is 9.53 Å². The smallest absolute Gasteiger partial charge is 0.413 e. The standard InChI is InChI=1S/C23H29N3O4/c1-6-30-23(29)26(5)19-13-11-18(12-14-19)24-22(28)20(15(2)3)25-21(27)17-9-7-16(4)8-10-17/h7-15,20H,6H2,1-5H3,(H,24,28)(H,25,27). The van der Waals surface area contributed by atoms with E-state index in [0.717, 1.165) is 5.56 Å². The highest BCUT2D eigenvalue weighted by molar-refractivity contribution is 6.01. The predicted molar refractivity (Wildman–Crippen MR) is 118 cm³/mol. The first-order valence-corrected chi connectivity index (χ1v) is 9.91. The van der Waals surface area contributed by atoms with Crippen LogP contribution in [0.3, 0.4) is 0 Å². The van der Waals surface area contributed by atoms with Crippen LogP contribution >= 0.6 is 0 Å². The summed E-state index contributed by atoms with van der Waals surface area (Å²) in [6, 6.07) is 13.3. The monoisotopic (exact) mass is 411 g/mol. The van der Waals surface area contributed by atoms with Crippen molar-refractivity contribution in [1.29, 1.82) is 0 Å². The van der Waals surface area contributed by atoms with Gasteiger partial charge in [0.1, 0.15) is 6.04 Å². The first kappa shape index (κ1) is 22.9. The van der Waals surface area contributed by atoms with Crippen LogP contribution in [0.4, 0.5) is 16.2 Å². The average molecular weight is 412 g/mol. The van der Waals surface area contributed by atoms with Crippen LogP contribution in [0.1, 0.15) is 36.7 Å². The molecule has 0 aromatic heterocycles. The summed E-state index contributed by atoms with van der Waals surface area (Å²) in [7, 11) is 1.61. The summed E-state index contributed by atoms with van der Waals surface area (Å²) >= 11 is 0. The molecule has 0 radical (unpaired) electrons. The summed E-state index contributed by atoms with van der Waals surface area (Å²) in [6.45, 7) is 7.73. The van der Waals surface area contributed by atoms with E-state index in [-0.39, 0.29) is 17.7 Å². The SMILES string of the molecule is CCOC(=O)N(C)c1ccc(NC(=O)C(NC(=O)c2ccc(C)cc2)C(C)C)cc1. The molecule has 3 amide bonds. The summed E-state index contributed by atoms with van der Waals surface area (Å²) in [4.78, 5) is 38.5. The third-order valence-electron chi connectivity index (χ3n) is 4.61. The van der Waals surface area contributed by atoms with Crippen molar-refractivity contribution in [2.75, 3.05) is 23.9 Å². The molecule has 7 heteroatoms. The fraction of sp³-hybridized carbons (Fsp3) is 0.348. The predicted octanol–water partition coefficient (Wildman–Crippen LogP) is 3.98. The number of anilines is 2. The Morgan fingerprint density at radius 2 is 1.60 bits per heavy atom. The van der Waals surface area contributed by atoms with Gasteiger partial charge in [-0.2, -0.15) is 0 Å².